The third-order valence-corrected chi connectivity index (χ3v) is 8.60. The van der Waals surface area contributed by atoms with E-state index in [9.17, 15) is 9.36 Å². The maximum absolute atomic E-state index is 15.2. The van der Waals surface area contributed by atoms with Gasteiger partial charge in [0.2, 0.25) is 0 Å². The van der Waals surface area contributed by atoms with Gasteiger partial charge in [-0.1, -0.05) is 11.6 Å². The molecule has 0 fully saturated rings. The van der Waals surface area contributed by atoms with Crippen LogP contribution in [0.1, 0.15) is 49.9 Å². The molecule has 5 nitrogen and oxygen atoms in total. The molecule has 162 valence electrons. The fourth-order valence-electron chi connectivity index (χ4n) is 2.44. The van der Waals surface area contributed by atoms with E-state index in [0.29, 0.717) is 16.0 Å². The highest BCUT2D eigenvalue weighted by molar-refractivity contribution is 9.10. The molecule has 0 aliphatic heterocycles. The van der Waals surface area contributed by atoms with Crippen molar-refractivity contribution in [3.63, 3.8) is 0 Å². The van der Waals surface area contributed by atoms with E-state index in [1.54, 1.807) is 20.8 Å². The molecule has 11 heteroatoms. The summed E-state index contributed by atoms with van der Waals surface area (Å²) in [6.45, 7) is 7.62. The second-order valence-corrected chi connectivity index (χ2v) is 11.2. The van der Waals surface area contributed by atoms with E-state index in [4.69, 9.17) is 25.4 Å². The van der Waals surface area contributed by atoms with Crippen LogP contribution in [0, 0.1) is 0 Å². The summed E-state index contributed by atoms with van der Waals surface area (Å²) >= 11 is 10.1. The molecule has 0 aliphatic carbocycles. The fraction of sp³-hybridized carbons (Fsp3) is 0.500. The number of fused-ring (bicyclic) bond motifs is 1. The molecule has 0 aliphatic rings. The molecule has 1 aromatic carbocycles. The van der Waals surface area contributed by atoms with Gasteiger partial charge in [-0.3, -0.25) is 4.57 Å². The van der Waals surface area contributed by atoms with Crippen LogP contribution in [-0.4, -0.2) is 24.8 Å². The van der Waals surface area contributed by atoms with E-state index in [1.165, 1.54) is 26.0 Å². The van der Waals surface area contributed by atoms with Gasteiger partial charge >= 0.3 is 19.2 Å². The lowest BCUT2D eigenvalue weighted by molar-refractivity contribution is 0.00696. The number of carbonyl (C=O) groups excluding carboxylic acids is 1. The monoisotopic (exact) mass is 532 g/mol. The number of ether oxygens (including phenoxy) is 1. The lowest BCUT2D eigenvalue weighted by atomic mass is 10.1. The Hall–Kier alpha value is -0.570. The molecule has 0 unspecified atom stereocenters. The zero-order chi connectivity index (χ0) is 22.2. The second-order valence-electron chi connectivity index (χ2n) is 6.96. The smallest absolute Gasteiger partial charge is 0.405 e. The first-order valence-corrected chi connectivity index (χ1v) is 12.2. The number of benzene rings is 1. The van der Waals surface area contributed by atoms with Crippen LogP contribution in [0.3, 0.4) is 0 Å². The Morgan fingerprint density at radius 3 is 2.24 bits per heavy atom. The predicted molar refractivity (Wildman–Crippen MR) is 114 cm³/mol. The van der Waals surface area contributed by atoms with E-state index in [0.717, 1.165) is 0 Å². The van der Waals surface area contributed by atoms with E-state index in [1.807, 2.05) is 0 Å². The lowest BCUT2D eigenvalue weighted by Gasteiger charge is -2.25. The third kappa shape index (κ3) is 5.02. The summed E-state index contributed by atoms with van der Waals surface area (Å²) in [5.41, 5.74) is -4.54. The molecule has 2 aromatic rings. The Labute approximate surface area is 185 Å². The Balaban J connectivity index is 2.63. The Bertz CT molecular complexity index is 963. The van der Waals surface area contributed by atoms with Crippen molar-refractivity contribution in [3.8, 4) is 0 Å². The number of thiophene rings is 1. The van der Waals surface area contributed by atoms with Crippen molar-refractivity contribution < 1.29 is 31.9 Å². The zero-order valence-electron chi connectivity index (χ0n) is 16.5. The molecule has 29 heavy (non-hydrogen) atoms. The normalized spacial score (nSPS) is 13.1. The lowest BCUT2D eigenvalue weighted by Crippen LogP contribution is -2.23. The van der Waals surface area contributed by atoms with Crippen molar-refractivity contribution in [3.05, 3.63) is 32.1 Å². The van der Waals surface area contributed by atoms with Crippen LogP contribution >= 0.6 is 46.5 Å². The van der Waals surface area contributed by atoms with Crippen molar-refractivity contribution in [2.75, 3.05) is 13.2 Å². The molecule has 1 heterocycles. The summed E-state index contributed by atoms with van der Waals surface area (Å²) in [6, 6.07) is 2.76. The van der Waals surface area contributed by atoms with Gasteiger partial charge in [0.15, 0.2) is 0 Å². The predicted octanol–water partition coefficient (Wildman–Crippen LogP) is 7.59. The average molecular weight is 534 g/mol. The maximum Gasteiger partial charge on any atom is 0.405 e. The van der Waals surface area contributed by atoms with Crippen molar-refractivity contribution in [1.82, 2.24) is 0 Å². The first kappa shape index (κ1) is 24.7. The zero-order valence-corrected chi connectivity index (χ0v) is 20.5. The number of alkyl halides is 2. The highest BCUT2D eigenvalue weighted by atomic mass is 79.9. The maximum atomic E-state index is 15.2. The molecule has 0 bridgehead atoms. The summed E-state index contributed by atoms with van der Waals surface area (Å²) in [5.74, 6) is -0.637. The largest absolute Gasteiger partial charge is 0.456 e. The first-order chi connectivity index (χ1) is 13.3. The van der Waals surface area contributed by atoms with Gasteiger partial charge in [0, 0.05) is 9.86 Å². The van der Waals surface area contributed by atoms with Crippen LogP contribution in [0.5, 0.6) is 0 Å². The van der Waals surface area contributed by atoms with E-state index in [2.05, 4.69) is 15.9 Å². The van der Waals surface area contributed by atoms with E-state index >= 15 is 8.78 Å². The summed E-state index contributed by atoms with van der Waals surface area (Å²) in [7, 11) is -4.79. The van der Waals surface area contributed by atoms with Crippen LogP contribution in [0.15, 0.2) is 16.6 Å². The number of esters is 1. The van der Waals surface area contributed by atoms with Gasteiger partial charge in [-0.05, 0) is 62.7 Å². The van der Waals surface area contributed by atoms with Gasteiger partial charge in [-0.25, -0.2) is 4.79 Å². The summed E-state index contributed by atoms with van der Waals surface area (Å²) < 4.78 is 58.5. The Morgan fingerprint density at radius 2 is 1.76 bits per heavy atom. The standard InChI is InChI=1S/C18H21BrClF2O5PS/c1-6-25-28(24,26-7-2)18(21,22)15-13(19)11-8-10(9-12(20)14(11)29-15)16(23)27-17(3,4)5/h8-9H,6-7H2,1-5H3. The fourth-order valence-corrected chi connectivity index (χ4v) is 6.73. The number of halogens is 4. The minimum absolute atomic E-state index is 0.0329. The molecule has 0 N–H and O–H groups in total. The highest BCUT2D eigenvalue weighted by Gasteiger charge is 2.57. The van der Waals surface area contributed by atoms with Crippen molar-refractivity contribution in [2.24, 2.45) is 0 Å². The first-order valence-electron chi connectivity index (χ1n) is 8.69. The number of hydrogen-bond donors (Lipinski definition) is 0. The molecular formula is C18H21BrClF2O5PS. The van der Waals surface area contributed by atoms with Crippen molar-refractivity contribution in [1.29, 1.82) is 0 Å². The highest BCUT2D eigenvalue weighted by Crippen LogP contribution is 2.69. The molecular weight excluding hydrogens is 513 g/mol. The Kier molecular flexibility index (Phi) is 7.57. The van der Waals surface area contributed by atoms with Gasteiger partial charge in [0.25, 0.3) is 0 Å². The van der Waals surface area contributed by atoms with Gasteiger partial charge in [-0.15, -0.1) is 11.3 Å². The SMILES string of the molecule is CCOP(=O)(OCC)C(F)(F)c1sc2c(Cl)cc(C(=O)OC(C)(C)C)cc2c1Br. The van der Waals surface area contributed by atoms with Gasteiger partial charge in [0.05, 0.1) is 28.5 Å². The molecule has 0 saturated carbocycles. The number of hydrogen-bond acceptors (Lipinski definition) is 6. The molecule has 2 rings (SSSR count). The summed E-state index contributed by atoms with van der Waals surface area (Å²) in [6.07, 6.45) is 0. The molecule has 0 amide bonds. The van der Waals surface area contributed by atoms with Gasteiger partial charge in [-0.2, -0.15) is 8.78 Å². The van der Waals surface area contributed by atoms with Crippen molar-refractivity contribution >= 4 is 62.5 Å². The van der Waals surface area contributed by atoms with Crippen LogP contribution in [0.4, 0.5) is 8.78 Å². The van der Waals surface area contributed by atoms with Crippen LogP contribution in [0.25, 0.3) is 10.1 Å². The van der Waals surface area contributed by atoms with Crippen LogP contribution in [-0.2, 0) is 24.0 Å². The Morgan fingerprint density at radius 1 is 1.21 bits per heavy atom. The third-order valence-electron chi connectivity index (χ3n) is 3.53. The molecule has 1 aromatic heterocycles. The number of rotatable bonds is 7. The van der Waals surface area contributed by atoms with E-state index in [-0.39, 0.29) is 33.7 Å². The summed E-state index contributed by atoms with van der Waals surface area (Å²) in [4.78, 5) is 11.8. The molecule has 0 radical (unpaired) electrons. The van der Waals surface area contributed by atoms with Crippen molar-refractivity contribution in [2.45, 2.75) is 45.9 Å². The quantitative estimate of drug-likeness (QED) is 0.271. The van der Waals surface area contributed by atoms with Gasteiger partial charge in [0.1, 0.15) is 10.5 Å². The van der Waals surface area contributed by atoms with Gasteiger partial charge < -0.3 is 13.8 Å². The minimum Gasteiger partial charge on any atom is -0.456 e. The second kappa shape index (κ2) is 8.89. The van der Waals surface area contributed by atoms with E-state index < -0.39 is 29.7 Å². The number of carbonyl (C=O) groups is 1. The summed E-state index contributed by atoms with van der Waals surface area (Å²) in [5, 5.41) is 0.372. The van der Waals surface area contributed by atoms with Crippen LogP contribution in [0.2, 0.25) is 5.02 Å². The topological polar surface area (TPSA) is 61.8 Å². The molecule has 0 atom stereocenters. The minimum atomic E-state index is -4.79. The van der Waals surface area contributed by atoms with Crippen LogP contribution < -0.4 is 0 Å². The molecule has 0 saturated heterocycles. The average Bonchev–Trinajstić information content (AvgIpc) is 2.92. The molecule has 0 spiro atoms.